The van der Waals surface area contributed by atoms with Crippen LogP contribution in [0.2, 0.25) is 0 Å². The number of sulfonamides is 1. The fraction of sp³-hybridized carbons (Fsp3) is 0.471. The van der Waals surface area contributed by atoms with Crippen molar-refractivity contribution in [1.82, 2.24) is 9.62 Å². The molecule has 0 atom stereocenters. The van der Waals surface area contributed by atoms with E-state index >= 15 is 0 Å². The molecule has 1 amide bonds. The van der Waals surface area contributed by atoms with Crippen LogP contribution in [-0.2, 0) is 24.3 Å². The van der Waals surface area contributed by atoms with Gasteiger partial charge in [0.15, 0.2) is 6.61 Å². The Hall–Kier alpha value is -2.44. The first-order chi connectivity index (χ1) is 12.1. The molecule has 0 bridgehead atoms. The highest BCUT2D eigenvalue weighted by atomic mass is 32.2. The second-order valence-electron chi connectivity index (χ2n) is 6.11. The van der Waals surface area contributed by atoms with Gasteiger partial charge in [-0.05, 0) is 52.0 Å². The summed E-state index contributed by atoms with van der Waals surface area (Å²) in [5, 5.41) is 8.71. The van der Waals surface area contributed by atoms with Crippen molar-refractivity contribution >= 4 is 21.9 Å². The highest BCUT2D eigenvalue weighted by Gasteiger charge is 2.22. The highest BCUT2D eigenvalue weighted by molar-refractivity contribution is 7.89. The lowest BCUT2D eigenvalue weighted by atomic mass is 10.2. The summed E-state index contributed by atoms with van der Waals surface area (Å²) in [6.45, 7) is 6.36. The van der Waals surface area contributed by atoms with Gasteiger partial charge in [0.1, 0.15) is 6.54 Å². The van der Waals surface area contributed by atoms with Gasteiger partial charge < -0.3 is 9.64 Å². The van der Waals surface area contributed by atoms with Crippen LogP contribution < -0.4 is 4.72 Å². The first-order valence-electron chi connectivity index (χ1n) is 8.05. The molecule has 142 valence electrons. The maximum Gasteiger partial charge on any atom is 0.321 e. The minimum atomic E-state index is -3.92. The Bertz CT molecular complexity index is 772. The molecule has 8 nitrogen and oxygen atoms in total. The van der Waals surface area contributed by atoms with E-state index in [-0.39, 0.29) is 22.9 Å². The van der Waals surface area contributed by atoms with E-state index in [0.29, 0.717) is 5.56 Å². The molecule has 0 aliphatic rings. The number of hydrogen-bond acceptors (Lipinski definition) is 6. The molecule has 26 heavy (non-hydrogen) atoms. The molecule has 0 aliphatic heterocycles. The van der Waals surface area contributed by atoms with Crippen LogP contribution >= 0.6 is 0 Å². The van der Waals surface area contributed by atoms with Crippen LogP contribution in [0.25, 0.3) is 0 Å². The molecule has 1 rings (SSSR count). The molecule has 0 radical (unpaired) electrons. The predicted octanol–water partition coefficient (Wildman–Crippen LogP) is 1.03. The van der Waals surface area contributed by atoms with Crippen molar-refractivity contribution in [3.63, 3.8) is 0 Å². The topological polar surface area (TPSA) is 117 Å². The van der Waals surface area contributed by atoms with Crippen LogP contribution in [0, 0.1) is 11.3 Å². The van der Waals surface area contributed by atoms with Gasteiger partial charge in [-0.3, -0.25) is 9.59 Å². The monoisotopic (exact) mass is 381 g/mol. The van der Waals surface area contributed by atoms with E-state index in [0.717, 1.165) is 0 Å². The summed E-state index contributed by atoms with van der Waals surface area (Å²) in [6, 6.07) is 7.04. The number of carbonyl (C=O) groups is 2. The summed E-state index contributed by atoms with van der Waals surface area (Å²) in [6.07, 6.45) is 0. The predicted molar refractivity (Wildman–Crippen MR) is 94.4 cm³/mol. The number of hydrogen-bond donors (Lipinski definition) is 1. The largest absolute Gasteiger partial charge is 0.455 e. The van der Waals surface area contributed by atoms with Gasteiger partial charge in [-0.15, -0.1) is 0 Å². The summed E-state index contributed by atoms with van der Waals surface area (Å²) in [5.41, 5.74) is 0.321. The number of nitrogens with zero attached hydrogens (tertiary/aromatic N) is 2. The maximum absolute atomic E-state index is 12.1. The van der Waals surface area contributed by atoms with E-state index in [4.69, 9.17) is 10.00 Å². The molecule has 0 saturated carbocycles. The molecule has 9 heteroatoms. The number of amides is 1. The van der Waals surface area contributed by atoms with Crippen molar-refractivity contribution in [1.29, 1.82) is 5.26 Å². The SMILES string of the molecule is CC(C)N(C(=O)COC(=O)CNS(=O)(=O)c1ccc(C#N)cc1)C(C)C. The average Bonchev–Trinajstić information content (AvgIpc) is 2.57. The van der Waals surface area contributed by atoms with E-state index < -0.39 is 29.1 Å². The Kier molecular flexibility index (Phi) is 7.74. The van der Waals surface area contributed by atoms with Crippen LogP contribution in [0.1, 0.15) is 33.3 Å². The zero-order chi connectivity index (χ0) is 19.9. The number of ether oxygens (including phenoxy) is 1. The Morgan fingerprint density at radius 2 is 1.69 bits per heavy atom. The molecular weight excluding hydrogens is 358 g/mol. The lowest BCUT2D eigenvalue weighted by Gasteiger charge is -2.30. The average molecular weight is 381 g/mol. The van der Waals surface area contributed by atoms with Crippen molar-refractivity contribution in [2.75, 3.05) is 13.2 Å². The molecule has 0 unspecified atom stereocenters. The molecule has 0 aromatic heterocycles. The van der Waals surface area contributed by atoms with Gasteiger partial charge in [-0.25, -0.2) is 8.42 Å². The molecule has 1 aromatic rings. The molecule has 0 fully saturated rings. The Balaban J connectivity index is 2.58. The molecule has 0 heterocycles. The highest BCUT2D eigenvalue weighted by Crippen LogP contribution is 2.10. The van der Waals surface area contributed by atoms with Gasteiger partial charge in [-0.1, -0.05) is 0 Å². The van der Waals surface area contributed by atoms with Gasteiger partial charge in [0.25, 0.3) is 5.91 Å². The molecule has 1 aromatic carbocycles. The van der Waals surface area contributed by atoms with E-state index in [9.17, 15) is 18.0 Å². The summed E-state index contributed by atoms with van der Waals surface area (Å²) >= 11 is 0. The Morgan fingerprint density at radius 3 is 2.15 bits per heavy atom. The summed E-state index contributed by atoms with van der Waals surface area (Å²) in [7, 11) is -3.92. The zero-order valence-corrected chi connectivity index (χ0v) is 16.0. The second kappa shape index (κ2) is 9.31. The zero-order valence-electron chi connectivity index (χ0n) is 15.2. The van der Waals surface area contributed by atoms with Crippen LogP contribution in [0.3, 0.4) is 0 Å². The van der Waals surface area contributed by atoms with E-state index in [2.05, 4.69) is 4.72 Å². The fourth-order valence-corrected chi connectivity index (χ4v) is 3.35. The maximum atomic E-state index is 12.1. The third kappa shape index (κ3) is 6.13. The second-order valence-corrected chi connectivity index (χ2v) is 7.88. The van der Waals surface area contributed by atoms with Crippen molar-refractivity contribution in [2.24, 2.45) is 0 Å². The minimum Gasteiger partial charge on any atom is -0.455 e. The van der Waals surface area contributed by atoms with Gasteiger partial charge in [0, 0.05) is 12.1 Å². The van der Waals surface area contributed by atoms with Crippen LogP contribution in [-0.4, -0.2) is 50.4 Å². The minimum absolute atomic E-state index is 0.0453. The quantitative estimate of drug-likeness (QED) is 0.672. The fourth-order valence-electron chi connectivity index (χ4n) is 2.39. The van der Waals surface area contributed by atoms with E-state index in [1.165, 1.54) is 24.3 Å². The summed E-state index contributed by atoms with van der Waals surface area (Å²) < 4.78 is 31.1. The van der Waals surface area contributed by atoms with Crippen molar-refractivity contribution in [2.45, 2.75) is 44.7 Å². The van der Waals surface area contributed by atoms with Gasteiger partial charge in [0.2, 0.25) is 10.0 Å². The van der Waals surface area contributed by atoms with E-state index in [1.807, 2.05) is 33.8 Å². The number of benzene rings is 1. The van der Waals surface area contributed by atoms with Crippen molar-refractivity contribution in [3.8, 4) is 6.07 Å². The lowest BCUT2D eigenvalue weighted by Crippen LogP contribution is -2.44. The van der Waals surface area contributed by atoms with Crippen LogP contribution in [0.5, 0.6) is 0 Å². The van der Waals surface area contributed by atoms with Crippen LogP contribution in [0.4, 0.5) is 0 Å². The smallest absolute Gasteiger partial charge is 0.321 e. The molecular formula is C17H23N3O5S. The third-order valence-electron chi connectivity index (χ3n) is 3.46. The van der Waals surface area contributed by atoms with Gasteiger partial charge >= 0.3 is 5.97 Å². The normalized spacial score (nSPS) is 11.3. The number of esters is 1. The Morgan fingerprint density at radius 1 is 1.15 bits per heavy atom. The van der Waals surface area contributed by atoms with Crippen molar-refractivity contribution in [3.05, 3.63) is 29.8 Å². The van der Waals surface area contributed by atoms with Crippen molar-refractivity contribution < 1.29 is 22.7 Å². The first kappa shape index (κ1) is 21.6. The summed E-state index contributed by atoms with van der Waals surface area (Å²) in [5.74, 6) is -1.21. The molecule has 0 saturated heterocycles. The number of rotatable bonds is 8. The van der Waals surface area contributed by atoms with Gasteiger partial charge in [0.05, 0.1) is 16.5 Å². The number of nitrogens with one attached hydrogen (secondary N) is 1. The third-order valence-corrected chi connectivity index (χ3v) is 4.87. The standard InChI is InChI=1S/C17H23N3O5S/c1-12(2)20(13(3)4)16(21)11-25-17(22)10-19-26(23,24)15-7-5-14(9-18)6-8-15/h5-8,12-13,19H,10-11H2,1-4H3. The molecule has 1 N–H and O–H groups in total. The Labute approximate surface area is 153 Å². The lowest BCUT2D eigenvalue weighted by molar-refractivity contribution is -0.152. The molecule has 0 aliphatic carbocycles. The van der Waals surface area contributed by atoms with E-state index in [1.54, 1.807) is 4.90 Å². The number of carbonyl (C=O) groups excluding carboxylic acids is 2. The van der Waals surface area contributed by atoms with Crippen LogP contribution in [0.15, 0.2) is 29.2 Å². The first-order valence-corrected chi connectivity index (χ1v) is 9.53. The molecule has 0 spiro atoms. The van der Waals surface area contributed by atoms with Gasteiger partial charge in [-0.2, -0.15) is 9.98 Å². The summed E-state index contributed by atoms with van der Waals surface area (Å²) in [4.78, 5) is 25.3. The number of nitriles is 1.